The molecule has 1 heterocycles. The van der Waals surface area contributed by atoms with Gasteiger partial charge >= 0.3 is 0 Å². The average molecular weight is 518 g/mol. The third kappa shape index (κ3) is 4.77. The Labute approximate surface area is 222 Å². The lowest BCUT2D eigenvalue weighted by Crippen LogP contribution is -2.29. The fourth-order valence-corrected chi connectivity index (χ4v) is 4.66. The van der Waals surface area contributed by atoms with Crippen LogP contribution < -0.4 is 23.8 Å². The smallest absolute Gasteiger partial charge is 0.300 e. The van der Waals surface area contributed by atoms with Crippen LogP contribution in [0.25, 0.3) is 5.76 Å². The molecule has 1 N–H and O–H groups in total. The van der Waals surface area contributed by atoms with E-state index in [1.807, 2.05) is 45.0 Å². The van der Waals surface area contributed by atoms with E-state index in [0.29, 0.717) is 47.5 Å². The highest BCUT2D eigenvalue weighted by Gasteiger charge is 2.47. The summed E-state index contributed by atoms with van der Waals surface area (Å²) in [5.74, 6) is -0.412. The highest BCUT2D eigenvalue weighted by molar-refractivity contribution is 6.51. The fraction of sp³-hybridized carbons (Fsp3) is 0.267. The number of hydrogen-bond acceptors (Lipinski definition) is 7. The SMILES string of the molecule is CCOc1ccc(N2C(=O)C(=O)/C(=C(/O)c3c(OC)cccc3OC)C2c2cccc(C)c2)cc1OCC. The monoisotopic (exact) mass is 517 g/mol. The number of hydrogen-bond donors (Lipinski definition) is 1. The first kappa shape index (κ1) is 26.6. The van der Waals surface area contributed by atoms with Crippen LogP contribution >= 0.6 is 0 Å². The second kappa shape index (κ2) is 11.3. The Balaban J connectivity index is 1.99. The molecule has 1 amide bonds. The lowest BCUT2D eigenvalue weighted by Gasteiger charge is -2.26. The number of anilines is 1. The van der Waals surface area contributed by atoms with Crippen molar-refractivity contribution in [2.75, 3.05) is 32.3 Å². The number of Topliss-reactive ketones (excluding diaryl/α,β-unsaturated/α-hetero) is 1. The van der Waals surface area contributed by atoms with E-state index in [-0.39, 0.29) is 16.9 Å². The van der Waals surface area contributed by atoms with Gasteiger partial charge < -0.3 is 24.1 Å². The van der Waals surface area contributed by atoms with Gasteiger partial charge in [-0.1, -0.05) is 35.9 Å². The molecule has 0 bridgehead atoms. The van der Waals surface area contributed by atoms with Gasteiger partial charge in [0.05, 0.1) is 39.0 Å². The molecule has 3 aromatic carbocycles. The van der Waals surface area contributed by atoms with Crippen molar-refractivity contribution < 1.29 is 33.6 Å². The van der Waals surface area contributed by atoms with E-state index in [9.17, 15) is 14.7 Å². The van der Waals surface area contributed by atoms with Crippen molar-refractivity contribution in [3.05, 3.63) is 82.9 Å². The number of aliphatic hydroxyl groups is 1. The Hall–Kier alpha value is -4.46. The number of aryl methyl sites for hydroxylation is 1. The van der Waals surface area contributed by atoms with Crippen molar-refractivity contribution in [3.63, 3.8) is 0 Å². The zero-order valence-corrected chi connectivity index (χ0v) is 22.1. The molecule has 1 fully saturated rings. The van der Waals surface area contributed by atoms with E-state index in [1.165, 1.54) is 19.1 Å². The van der Waals surface area contributed by atoms with Crippen molar-refractivity contribution in [3.8, 4) is 23.0 Å². The number of carbonyl (C=O) groups excluding carboxylic acids is 2. The van der Waals surface area contributed by atoms with Gasteiger partial charge in [0.25, 0.3) is 11.7 Å². The molecule has 1 atom stereocenters. The molecule has 38 heavy (non-hydrogen) atoms. The molecule has 0 aromatic heterocycles. The minimum atomic E-state index is -0.920. The molecule has 1 unspecified atom stereocenters. The summed E-state index contributed by atoms with van der Waals surface area (Å²) in [5.41, 5.74) is 2.14. The highest BCUT2D eigenvalue weighted by Crippen LogP contribution is 2.46. The summed E-state index contributed by atoms with van der Waals surface area (Å²) in [6.07, 6.45) is 0. The first-order chi connectivity index (χ1) is 18.4. The van der Waals surface area contributed by atoms with Crippen molar-refractivity contribution in [2.24, 2.45) is 0 Å². The van der Waals surface area contributed by atoms with Gasteiger partial charge in [0.2, 0.25) is 0 Å². The van der Waals surface area contributed by atoms with Gasteiger partial charge in [0, 0.05) is 11.8 Å². The topological polar surface area (TPSA) is 94.5 Å². The summed E-state index contributed by atoms with van der Waals surface area (Å²) >= 11 is 0. The Morgan fingerprint density at radius 3 is 2.08 bits per heavy atom. The van der Waals surface area contributed by atoms with Crippen LogP contribution in [0.1, 0.15) is 36.6 Å². The van der Waals surface area contributed by atoms with Crippen LogP contribution in [0.3, 0.4) is 0 Å². The molecule has 1 aliphatic rings. The van der Waals surface area contributed by atoms with E-state index in [0.717, 1.165) is 5.56 Å². The number of methoxy groups -OCH3 is 2. The van der Waals surface area contributed by atoms with Crippen LogP contribution in [0.2, 0.25) is 0 Å². The predicted octanol–water partition coefficient (Wildman–Crippen LogP) is 5.44. The van der Waals surface area contributed by atoms with Crippen LogP contribution in [0.15, 0.2) is 66.2 Å². The minimum Gasteiger partial charge on any atom is -0.506 e. The second-order valence-corrected chi connectivity index (χ2v) is 8.62. The predicted molar refractivity (Wildman–Crippen MR) is 144 cm³/mol. The molecule has 3 aromatic rings. The lowest BCUT2D eigenvalue weighted by molar-refractivity contribution is -0.132. The van der Waals surface area contributed by atoms with Crippen LogP contribution in [0.4, 0.5) is 5.69 Å². The van der Waals surface area contributed by atoms with Crippen molar-refractivity contribution in [1.29, 1.82) is 0 Å². The molecule has 0 saturated carbocycles. The normalized spacial score (nSPS) is 16.4. The molecular formula is C30H31NO7. The van der Waals surface area contributed by atoms with E-state index >= 15 is 0 Å². The van der Waals surface area contributed by atoms with Crippen molar-refractivity contribution in [1.82, 2.24) is 0 Å². The molecule has 0 spiro atoms. The van der Waals surface area contributed by atoms with Crippen molar-refractivity contribution in [2.45, 2.75) is 26.8 Å². The summed E-state index contributed by atoms with van der Waals surface area (Å²) in [5, 5.41) is 11.6. The van der Waals surface area contributed by atoms with Gasteiger partial charge in [0.1, 0.15) is 22.8 Å². The van der Waals surface area contributed by atoms with Gasteiger partial charge in [-0.2, -0.15) is 0 Å². The number of amides is 1. The third-order valence-corrected chi connectivity index (χ3v) is 6.27. The quantitative estimate of drug-likeness (QED) is 0.230. The van der Waals surface area contributed by atoms with Crippen LogP contribution in [-0.4, -0.2) is 44.2 Å². The van der Waals surface area contributed by atoms with E-state index in [1.54, 1.807) is 36.4 Å². The van der Waals surface area contributed by atoms with E-state index in [4.69, 9.17) is 18.9 Å². The minimum absolute atomic E-state index is 0.0738. The summed E-state index contributed by atoms with van der Waals surface area (Å²) < 4.78 is 22.4. The summed E-state index contributed by atoms with van der Waals surface area (Å²) in [4.78, 5) is 28.6. The summed E-state index contributed by atoms with van der Waals surface area (Å²) in [6, 6.07) is 16.6. The molecule has 8 nitrogen and oxygen atoms in total. The number of benzene rings is 3. The Morgan fingerprint density at radius 1 is 0.842 bits per heavy atom. The Morgan fingerprint density at radius 2 is 1.47 bits per heavy atom. The number of carbonyl (C=O) groups is 2. The standard InChI is InChI=1S/C30H31NO7/c1-6-37-21-15-14-20(17-24(21)38-7-2)31-27(19-11-8-10-18(3)16-19)26(29(33)30(31)34)28(32)25-22(35-4)12-9-13-23(25)36-5/h8-17,27,32H,6-7H2,1-5H3/b28-26+. The van der Waals surface area contributed by atoms with Crippen LogP contribution in [-0.2, 0) is 9.59 Å². The maximum Gasteiger partial charge on any atom is 0.300 e. The average Bonchev–Trinajstić information content (AvgIpc) is 3.19. The highest BCUT2D eigenvalue weighted by atomic mass is 16.5. The molecule has 0 aliphatic carbocycles. The van der Waals surface area contributed by atoms with Crippen LogP contribution in [0.5, 0.6) is 23.0 Å². The first-order valence-corrected chi connectivity index (χ1v) is 12.3. The number of aliphatic hydroxyl groups excluding tert-OH is 1. The van der Waals surface area contributed by atoms with Crippen molar-refractivity contribution >= 4 is 23.1 Å². The number of ether oxygens (including phenoxy) is 4. The van der Waals surface area contributed by atoms with Gasteiger partial charge in [-0.3, -0.25) is 14.5 Å². The number of rotatable bonds is 9. The number of nitrogens with zero attached hydrogens (tertiary/aromatic N) is 1. The number of ketones is 1. The molecule has 8 heteroatoms. The Bertz CT molecular complexity index is 1370. The van der Waals surface area contributed by atoms with Gasteiger partial charge in [-0.15, -0.1) is 0 Å². The molecule has 4 rings (SSSR count). The maximum atomic E-state index is 13.6. The molecule has 1 aliphatic heterocycles. The van der Waals surface area contributed by atoms with E-state index in [2.05, 4.69) is 0 Å². The molecular weight excluding hydrogens is 486 g/mol. The molecule has 198 valence electrons. The van der Waals surface area contributed by atoms with Gasteiger partial charge in [0.15, 0.2) is 11.5 Å². The third-order valence-electron chi connectivity index (χ3n) is 6.27. The zero-order chi connectivity index (χ0) is 27.4. The first-order valence-electron chi connectivity index (χ1n) is 12.3. The fourth-order valence-electron chi connectivity index (χ4n) is 4.66. The van der Waals surface area contributed by atoms with E-state index < -0.39 is 17.7 Å². The molecule has 1 saturated heterocycles. The lowest BCUT2D eigenvalue weighted by atomic mass is 9.93. The summed E-state index contributed by atoms with van der Waals surface area (Å²) in [6.45, 7) is 6.46. The molecule has 0 radical (unpaired) electrons. The zero-order valence-electron chi connectivity index (χ0n) is 22.1. The van der Waals surface area contributed by atoms with Gasteiger partial charge in [-0.25, -0.2) is 0 Å². The summed E-state index contributed by atoms with van der Waals surface area (Å²) in [7, 11) is 2.91. The largest absolute Gasteiger partial charge is 0.506 e. The second-order valence-electron chi connectivity index (χ2n) is 8.62. The maximum absolute atomic E-state index is 13.6. The van der Waals surface area contributed by atoms with Gasteiger partial charge in [-0.05, 0) is 50.6 Å². The Kier molecular flexibility index (Phi) is 7.90. The van der Waals surface area contributed by atoms with Crippen LogP contribution in [0, 0.1) is 6.92 Å².